The Morgan fingerprint density at radius 2 is 2.16 bits per heavy atom. The van der Waals surface area contributed by atoms with Crippen molar-refractivity contribution in [3.05, 3.63) is 47.0 Å². The molecule has 0 aliphatic heterocycles. The maximum Gasteiger partial charge on any atom is 0.121 e. The fourth-order valence-electron chi connectivity index (χ4n) is 2.64. The second-order valence-electron chi connectivity index (χ2n) is 5.23. The van der Waals surface area contributed by atoms with Crippen LogP contribution in [-0.4, -0.2) is 6.54 Å². The molecular weight excluding hydrogens is 232 g/mol. The molecule has 0 saturated heterocycles. The smallest absolute Gasteiger partial charge is 0.121 e. The highest BCUT2D eigenvalue weighted by molar-refractivity contribution is 5.32. The summed E-state index contributed by atoms with van der Waals surface area (Å²) >= 11 is 0. The normalized spacial score (nSPS) is 16.5. The fourth-order valence-corrected chi connectivity index (χ4v) is 2.64. The highest BCUT2D eigenvalue weighted by Gasteiger charge is 2.12. The number of aryl methyl sites for hydroxylation is 1. The maximum atomic E-state index is 9.31. The molecule has 0 spiro atoms. The molecule has 0 bridgehead atoms. The van der Waals surface area contributed by atoms with Gasteiger partial charge in [-0.2, -0.15) is 5.26 Å². The molecule has 1 aliphatic rings. The Kier molecular flexibility index (Phi) is 5.18. The van der Waals surface area contributed by atoms with Crippen molar-refractivity contribution in [3.8, 4) is 6.07 Å². The molecule has 1 atom stereocenters. The largest absolute Gasteiger partial charge is 0.298 e. The van der Waals surface area contributed by atoms with E-state index in [1.165, 1.54) is 31.2 Å². The number of benzene rings is 1. The monoisotopic (exact) mass is 254 g/mol. The van der Waals surface area contributed by atoms with Gasteiger partial charge in [0.05, 0.1) is 6.07 Å². The second-order valence-corrected chi connectivity index (χ2v) is 5.23. The molecule has 19 heavy (non-hydrogen) atoms. The van der Waals surface area contributed by atoms with Crippen molar-refractivity contribution in [2.45, 2.75) is 45.1 Å². The number of nitriles is 1. The molecule has 2 rings (SSSR count). The number of nitrogens with zero attached hydrogens (tertiary/aromatic N) is 1. The molecule has 1 aliphatic carbocycles. The number of nitrogens with one attached hydrogen (secondary N) is 1. The Balaban J connectivity index is 1.88. The molecule has 1 N–H and O–H groups in total. The van der Waals surface area contributed by atoms with Crippen LogP contribution in [0.15, 0.2) is 35.9 Å². The topological polar surface area (TPSA) is 35.8 Å². The van der Waals surface area contributed by atoms with Gasteiger partial charge in [0.15, 0.2) is 0 Å². The zero-order chi connectivity index (χ0) is 13.5. The highest BCUT2D eigenvalue weighted by atomic mass is 14.9. The van der Waals surface area contributed by atoms with Crippen LogP contribution in [0.4, 0.5) is 0 Å². The summed E-state index contributed by atoms with van der Waals surface area (Å²) in [6.45, 7) is 2.95. The lowest BCUT2D eigenvalue weighted by atomic mass is 9.97. The van der Waals surface area contributed by atoms with Crippen LogP contribution in [0.1, 0.15) is 49.3 Å². The van der Waals surface area contributed by atoms with Gasteiger partial charge < -0.3 is 0 Å². The summed E-state index contributed by atoms with van der Waals surface area (Å²) in [5.41, 5.74) is 3.83. The van der Waals surface area contributed by atoms with Crippen molar-refractivity contribution < 1.29 is 0 Å². The summed E-state index contributed by atoms with van der Waals surface area (Å²) in [6.07, 6.45) is 8.58. The molecule has 100 valence electrons. The van der Waals surface area contributed by atoms with Gasteiger partial charge >= 0.3 is 0 Å². The summed E-state index contributed by atoms with van der Waals surface area (Å²) in [5.74, 6) is 0. The third-order valence-electron chi connectivity index (χ3n) is 3.81. The van der Waals surface area contributed by atoms with Crippen LogP contribution in [-0.2, 0) is 0 Å². The molecule has 0 heterocycles. The van der Waals surface area contributed by atoms with E-state index in [4.69, 9.17) is 0 Å². The fraction of sp³-hybridized carbons (Fsp3) is 0.471. The summed E-state index contributed by atoms with van der Waals surface area (Å²) in [4.78, 5) is 0. The third kappa shape index (κ3) is 3.94. The van der Waals surface area contributed by atoms with E-state index in [-0.39, 0.29) is 6.04 Å². The van der Waals surface area contributed by atoms with E-state index in [0.717, 1.165) is 18.5 Å². The first kappa shape index (κ1) is 13.8. The third-order valence-corrected chi connectivity index (χ3v) is 3.81. The Morgan fingerprint density at radius 1 is 1.32 bits per heavy atom. The number of hydrogen-bond acceptors (Lipinski definition) is 2. The van der Waals surface area contributed by atoms with E-state index in [1.54, 1.807) is 5.57 Å². The molecule has 0 saturated carbocycles. The van der Waals surface area contributed by atoms with Gasteiger partial charge in [0.25, 0.3) is 0 Å². The average molecular weight is 254 g/mol. The van der Waals surface area contributed by atoms with Crippen molar-refractivity contribution in [1.82, 2.24) is 5.32 Å². The van der Waals surface area contributed by atoms with E-state index in [1.807, 2.05) is 18.2 Å². The van der Waals surface area contributed by atoms with E-state index in [9.17, 15) is 5.26 Å². The minimum absolute atomic E-state index is 0.189. The molecule has 1 unspecified atom stereocenters. The Labute approximate surface area is 116 Å². The Hall–Kier alpha value is -1.59. The quantitative estimate of drug-likeness (QED) is 0.805. The zero-order valence-electron chi connectivity index (χ0n) is 11.7. The molecule has 2 nitrogen and oxygen atoms in total. The van der Waals surface area contributed by atoms with E-state index < -0.39 is 0 Å². The van der Waals surface area contributed by atoms with Gasteiger partial charge in [0, 0.05) is 6.54 Å². The minimum atomic E-state index is -0.189. The van der Waals surface area contributed by atoms with Crippen LogP contribution in [0.3, 0.4) is 0 Å². The zero-order valence-corrected chi connectivity index (χ0v) is 11.7. The van der Waals surface area contributed by atoms with E-state index in [2.05, 4.69) is 30.5 Å². The first-order chi connectivity index (χ1) is 9.31. The molecule has 0 fully saturated rings. The number of allylic oxidation sites excluding steroid dienone is 1. The Bertz CT molecular complexity index is 482. The lowest BCUT2D eigenvalue weighted by Crippen LogP contribution is -2.22. The lowest BCUT2D eigenvalue weighted by Gasteiger charge is -2.16. The molecule has 0 radical (unpaired) electrons. The van der Waals surface area contributed by atoms with Crippen molar-refractivity contribution >= 4 is 0 Å². The minimum Gasteiger partial charge on any atom is -0.298 e. The van der Waals surface area contributed by atoms with E-state index >= 15 is 0 Å². The lowest BCUT2D eigenvalue weighted by molar-refractivity contribution is 0.600. The van der Waals surface area contributed by atoms with Gasteiger partial charge in [0.2, 0.25) is 0 Å². The van der Waals surface area contributed by atoms with Crippen molar-refractivity contribution in [3.63, 3.8) is 0 Å². The summed E-state index contributed by atoms with van der Waals surface area (Å²) in [6, 6.07) is 10.3. The predicted molar refractivity (Wildman–Crippen MR) is 78.7 cm³/mol. The van der Waals surface area contributed by atoms with Crippen LogP contribution in [0.2, 0.25) is 0 Å². The average Bonchev–Trinajstić information content (AvgIpc) is 2.46. The summed E-state index contributed by atoms with van der Waals surface area (Å²) < 4.78 is 0. The van der Waals surface area contributed by atoms with Gasteiger partial charge in [-0.1, -0.05) is 35.9 Å². The van der Waals surface area contributed by atoms with Crippen molar-refractivity contribution in [2.24, 2.45) is 0 Å². The van der Waals surface area contributed by atoms with Crippen molar-refractivity contribution in [1.29, 1.82) is 5.26 Å². The first-order valence-electron chi connectivity index (χ1n) is 7.17. The van der Waals surface area contributed by atoms with E-state index in [0.29, 0.717) is 0 Å². The van der Waals surface area contributed by atoms with Crippen LogP contribution < -0.4 is 5.32 Å². The summed E-state index contributed by atoms with van der Waals surface area (Å²) in [7, 11) is 0. The van der Waals surface area contributed by atoms with Crippen LogP contribution in [0, 0.1) is 18.3 Å². The van der Waals surface area contributed by atoms with Crippen molar-refractivity contribution in [2.75, 3.05) is 6.54 Å². The van der Waals surface area contributed by atoms with Gasteiger partial charge in [0.1, 0.15) is 6.04 Å². The maximum absolute atomic E-state index is 9.31. The van der Waals surface area contributed by atoms with Gasteiger partial charge in [-0.3, -0.25) is 5.32 Å². The highest BCUT2D eigenvalue weighted by Crippen LogP contribution is 2.21. The molecule has 1 aromatic rings. The standard InChI is InChI=1S/C17H22N2/c1-14-7-5-6-10-16(14)17(13-18)19-12-11-15-8-3-2-4-9-15/h5-8,10,17,19H,2-4,9,11-12H2,1H3. The molecule has 2 heteroatoms. The predicted octanol–water partition coefficient (Wildman–Crippen LogP) is 4.04. The van der Waals surface area contributed by atoms with Crippen LogP contribution in [0.25, 0.3) is 0 Å². The second kappa shape index (κ2) is 7.11. The van der Waals surface area contributed by atoms with Gasteiger partial charge in [-0.25, -0.2) is 0 Å². The summed E-state index contributed by atoms with van der Waals surface area (Å²) in [5, 5.41) is 12.7. The van der Waals surface area contributed by atoms with Crippen LogP contribution in [0.5, 0.6) is 0 Å². The SMILES string of the molecule is Cc1ccccc1C(C#N)NCCC1=CCCCC1. The molecule has 0 amide bonds. The number of hydrogen-bond donors (Lipinski definition) is 1. The molecular formula is C17H22N2. The molecule has 1 aromatic carbocycles. The van der Waals surface area contributed by atoms with Gasteiger partial charge in [-0.05, 0) is 50.2 Å². The Morgan fingerprint density at radius 3 is 2.84 bits per heavy atom. The van der Waals surface area contributed by atoms with Gasteiger partial charge in [-0.15, -0.1) is 0 Å². The first-order valence-corrected chi connectivity index (χ1v) is 7.17. The number of rotatable bonds is 5. The van der Waals surface area contributed by atoms with Crippen LogP contribution >= 0.6 is 0 Å². The molecule has 0 aromatic heterocycles.